The highest BCUT2D eigenvalue weighted by Gasteiger charge is 2.44. The quantitative estimate of drug-likeness (QED) is 0.834. The number of carbonyl (C=O) groups excluding carboxylic acids is 1. The Kier molecular flexibility index (Phi) is 3.88. The summed E-state index contributed by atoms with van der Waals surface area (Å²) in [5, 5.41) is 12.6. The molecule has 0 atom stereocenters. The molecule has 2 aliphatic carbocycles. The highest BCUT2D eigenvalue weighted by atomic mass is 16.2. The first kappa shape index (κ1) is 15.4. The summed E-state index contributed by atoms with van der Waals surface area (Å²) in [5.74, 6) is -0.0176. The van der Waals surface area contributed by atoms with E-state index < -0.39 is 5.41 Å². The Hall–Kier alpha value is -1.04. The van der Waals surface area contributed by atoms with E-state index in [9.17, 15) is 10.1 Å². The lowest BCUT2D eigenvalue weighted by atomic mass is 9.63. The number of hydrogen-bond acceptors (Lipinski definition) is 2. The molecule has 2 aliphatic rings. The molecule has 0 heterocycles. The van der Waals surface area contributed by atoms with Gasteiger partial charge >= 0.3 is 0 Å². The van der Waals surface area contributed by atoms with Crippen LogP contribution in [0.2, 0.25) is 0 Å². The van der Waals surface area contributed by atoms with E-state index in [-0.39, 0.29) is 22.8 Å². The maximum absolute atomic E-state index is 12.6. The Labute approximate surface area is 123 Å². The third-order valence-electron chi connectivity index (χ3n) is 5.00. The van der Waals surface area contributed by atoms with Crippen LogP contribution in [-0.4, -0.2) is 11.9 Å². The lowest BCUT2D eigenvalue weighted by molar-refractivity contribution is -0.129. The fourth-order valence-electron chi connectivity index (χ4n) is 4.64. The minimum Gasteiger partial charge on any atom is -0.352 e. The van der Waals surface area contributed by atoms with Gasteiger partial charge in [0.05, 0.1) is 6.07 Å². The molecule has 0 spiro atoms. The predicted molar refractivity (Wildman–Crippen MR) is 79.9 cm³/mol. The molecule has 0 radical (unpaired) electrons. The van der Waals surface area contributed by atoms with Gasteiger partial charge in [-0.25, -0.2) is 0 Å². The maximum atomic E-state index is 12.6. The van der Waals surface area contributed by atoms with Gasteiger partial charge < -0.3 is 5.32 Å². The minimum atomic E-state index is -0.744. The van der Waals surface area contributed by atoms with Crippen LogP contribution in [-0.2, 0) is 4.79 Å². The molecule has 3 heteroatoms. The van der Waals surface area contributed by atoms with Crippen molar-refractivity contribution in [3.05, 3.63) is 0 Å². The summed E-state index contributed by atoms with van der Waals surface area (Å²) in [4.78, 5) is 12.6. The Morgan fingerprint density at radius 3 is 2.05 bits per heavy atom. The van der Waals surface area contributed by atoms with Crippen LogP contribution < -0.4 is 5.32 Å². The Balaban J connectivity index is 2.06. The van der Waals surface area contributed by atoms with Crippen molar-refractivity contribution in [1.82, 2.24) is 5.32 Å². The summed E-state index contributed by atoms with van der Waals surface area (Å²) in [7, 11) is 0. The molecule has 0 bridgehead atoms. The van der Waals surface area contributed by atoms with Crippen LogP contribution >= 0.6 is 0 Å². The van der Waals surface area contributed by atoms with E-state index in [1.54, 1.807) is 0 Å². The molecule has 0 aromatic heterocycles. The van der Waals surface area contributed by atoms with Crippen LogP contribution in [0.25, 0.3) is 0 Å². The van der Waals surface area contributed by atoms with E-state index in [4.69, 9.17) is 0 Å². The molecular formula is C17H28N2O. The molecule has 112 valence electrons. The van der Waals surface area contributed by atoms with Crippen LogP contribution in [0.5, 0.6) is 0 Å². The summed E-state index contributed by atoms with van der Waals surface area (Å²) >= 11 is 0. The van der Waals surface area contributed by atoms with Gasteiger partial charge in [0.1, 0.15) is 5.41 Å². The zero-order chi connectivity index (χ0) is 15.0. The summed E-state index contributed by atoms with van der Waals surface area (Å²) < 4.78 is 0. The Morgan fingerprint density at radius 2 is 1.60 bits per heavy atom. The monoisotopic (exact) mass is 276 g/mol. The second-order valence-electron chi connectivity index (χ2n) is 8.48. The van der Waals surface area contributed by atoms with Crippen molar-refractivity contribution >= 4 is 5.91 Å². The number of nitriles is 1. The van der Waals surface area contributed by atoms with E-state index >= 15 is 0 Å². The van der Waals surface area contributed by atoms with Gasteiger partial charge in [0.15, 0.2) is 0 Å². The van der Waals surface area contributed by atoms with Crippen molar-refractivity contribution in [3.8, 4) is 6.07 Å². The van der Waals surface area contributed by atoms with Crippen molar-refractivity contribution in [1.29, 1.82) is 5.26 Å². The van der Waals surface area contributed by atoms with E-state index in [0.717, 1.165) is 38.5 Å². The normalized spacial score (nSPS) is 27.8. The lowest BCUT2D eigenvalue weighted by Crippen LogP contribution is -2.49. The SMILES string of the molecule is CC1(C)CC(NC(=O)C2(C#N)CCCC2)CC(C)(C)C1. The number of carbonyl (C=O) groups is 1. The van der Waals surface area contributed by atoms with Crippen LogP contribution in [0, 0.1) is 27.6 Å². The number of hydrogen-bond donors (Lipinski definition) is 1. The van der Waals surface area contributed by atoms with Crippen molar-refractivity contribution < 1.29 is 4.79 Å². The van der Waals surface area contributed by atoms with Gasteiger partial charge in [-0.2, -0.15) is 5.26 Å². The smallest absolute Gasteiger partial charge is 0.240 e. The maximum Gasteiger partial charge on any atom is 0.240 e. The van der Waals surface area contributed by atoms with Crippen molar-refractivity contribution in [2.24, 2.45) is 16.2 Å². The van der Waals surface area contributed by atoms with Crippen molar-refractivity contribution in [2.45, 2.75) is 78.7 Å². The van der Waals surface area contributed by atoms with Crippen LogP contribution in [0.3, 0.4) is 0 Å². The van der Waals surface area contributed by atoms with E-state index in [2.05, 4.69) is 39.1 Å². The van der Waals surface area contributed by atoms with Gasteiger partial charge in [0.25, 0.3) is 0 Å². The first-order chi connectivity index (χ1) is 9.18. The summed E-state index contributed by atoms with van der Waals surface area (Å²) in [6, 6.07) is 2.51. The molecule has 0 aliphatic heterocycles. The zero-order valence-electron chi connectivity index (χ0n) is 13.4. The average Bonchev–Trinajstić information content (AvgIpc) is 2.73. The largest absolute Gasteiger partial charge is 0.352 e. The zero-order valence-corrected chi connectivity index (χ0v) is 13.4. The Morgan fingerprint density at radius 1 is 1.10 bits per heavy atom. The fourth-order valence-corrected chi connectivity index (χ4v) is 4.64. The van der Waals surface area contributed by atoms with Crippen LogP contribution in [0.15, 0.2) is 0 Å². The third kappa shape index (κ3) is 3.16. The van der Waals surface area contributed by atoms with Gasteiger partial charge in [0, 0.05) is 6.04 Å². The molecule has 0 aromatic carbocycles. The molecule has 2 fully saturated rings. The molecule has 0 saturated heterocycles. The van der Waals surface area contributed by atoms with Crippen LogP contribution in [0.1, 0.15) is 72.6 Å². The molecule has 3 nitrogen and oxygen atoms in total. The van der Waals surface area contributed by atoms with Crippen LogP contribution in [0.4, 0.5) is 0 Å². The summed E-state index contributed by atoms with van der Waals surface area (Å²) in [6.07, 6.45) is 6.69. The highest BCUT2D eigenvalue weighted by molar-refractivity contribution is 5.86. The van der Waals surface area contributed by atoms with E-state index in [1.807, 2.05) is 0 Å². The first-order valence-corrected chi connectivity index (χ1v) is 7.90. The summed E-state index contributed by atoms with van der Waals surface area (Å²) in [5.41, 5.74) is -0.226. The number of rotatable bonds is 2. The van der Waals surface area contributed by atoms with E-state index in [0.29, 0.717) is 0 Å². The number of nitrogens with one attached hydrogen (secondary N) is 1. The number of nitrogens with zero attached hydrogens (tertiary/aromatic N) is 1. The molecule has 0 aromatic rings. The summed E-state index contributed by atoms with van der Waals surface area (Å²) in [6.45, 7) is 9.12. The highest BCUT2D eigenvalue weighted by Crippen LogP contribution is 2.46. The Bertz CT molecular complexity index is 409. The standard InChI is InChI=1S/C17H28N2O/c1-15(2)9-13(10-16(3,4)11-15)19-14(20)17(12-18)7-5-6-8-17/h13H,5-11H2,1-4H3,(H,19,20). The van der Waals surface area contributed by atoms with Crippen molar-refractivity contribution in [3.63, 3.8) is 0 Å². The van der Waals surface area contributed by atoms with Crippen molar-refractivity contribution in [2.75, 3.05) is 0 Å². The first-order valence-electron chi connectivity index (χ1n) is 7.90. The predicted octanol–water partition coefficient (Wildman–Crippen LogP) is 3.79. The molecular weight excluding hydrogens is 248 g/mol. The number of amides is 1. The topological polar surface area (TPSA) is 52.9 Å². The molecule has 20 heavy (non-hydrogen) atoms. The third-order valence-corrected chi connectivity index (χ3v) is 5.00. The van der Waals surface area contributed by atoms with Gasteiger partial charge in [-0.1, -0.05) is 40.5 Å². The lowest BCUT2D eigenvalue weighted by Gasteiger charge is -2.45. The molecule has 0 unspecified atom stereocenters. The molecule has 2 rings (SSSR count). The average molecular weight is 276 g/mol. The van der Waals surface area contributed by atoms with Gasteiger partial charge in [-0.05, 0) is 42.9 Å². The molecule has 2 saturated carbocycles. The second-order valence-corrected chi connectivity index (χ2v) is 8.48. The van der Waals surface area contributed by atoms with Gasteiger partial charge in [-0.3, -0.25) is 4.79 Å². The second kappa shape index (κ2) is 5.06. The minimum absolute atomic E-state index is 0.0176. The molecule has 1 amide bonds. The fraction of sp³-hybridized carbons (Fsp3) is 0.882. The van der Waals surface area contributed by atoms with Gasteiger partial charge in [-0.15, -0.1) is 0 Å². The van der Waals surface area contributed by atoms with Gasteiger partial charge in [0.2, 0.25) is 5.91 Å². The van der Waals surface area contributed by atoms with E-state index in [1.165, 1.54) is 6.42 Å². The molecule has 1 N–H and O–H groups in total.